The fourth-order valence-corrected chi connectivity index (χ4v) is 1.86. The molecule has 0 aliphatic rings. The highest BCUT2D eigenvalue weighted by molar-refractivity contribution is 7.80. The van der Waals surface area contributed by atoms with Gasteiger partial charge < -0.3 is 10.6 Å². The first kappa shape index (κ1) is 13.0. The standard InChI is InChI=1S/C13H20N2S/c1-5-10-8-6-7-9-11(10)14-12(16)15-13(2,3)4/h6-9H,5H2,1-4H3,(H2,14,15,16). The van der Waals surface area contributed by atoms with Gasteiger partial charge in [-0.1, -0.05) is 25.1 Å². The van der Waals surface area contributed by atoms with Crippen LogP contribution in [0.2, 0.25) is 0 Å². The maximum absolute atomic E-state index is 5.27. The SMILES string of the molecule is CCc1ccccc1NC(=S)NC(C)(C)C. The number of thiocarbonyl (C=S) groups is 1. The van der Waals surface area contributed by atoms with Crippen LogP contribution >= 0.6 is 12.2 Å². The number of benzene rings is 1. The zero-order chi connectivity index (χ0) is 12.2. The fraction of sp³-hybridized carbons (Fsp3) is 0.462. The van der Waals surface area contributed by atoms with E-state index < -0.39 is 0 Å². The lowest BCUT2D eigenvalue weighted by molar-refractivity contribution is 0.515. The Hall–Kier alpha value is -1.09. The van der Waals surface area contributed by atoms with E-state index in [1.165, 1.54) is 5.56 Å². The number of para-hydroxylation sites is 1. The molecule has 0 unspecified atom stereocenters. The zero-order valence-electron chi connectivity index (χ0n) is 10.4. The Balaban J connectivity index is 2.70. The quantitative estimate of drug-likeness (QED) is 0.770. The molecule has 0 aliphatic heterocycles. The summed E-state index contributed by atoms with van der Waals surface area (Å²) in [6.45, 7) is 8.41. The Morgan fingerprint density at radius 1 is 1.25 bits per heavy atom. The summed E-state index contributed by atoms with van der Waals surface area (Å²) in [5, 5.41) is 7.15. The number of rotatable bonds is 2. The molecule has 0 amide bonds. The lowest BCUT2D eigenvalue weighted by Crippen LogP contribution is -2.43. The van der Waals surface area contributed by atoms with Crippen LogP contribution in [0.4, 0.5) is 5.69 Å². The zero-order valence-corrected chi connectivity index (χ0v) is 11.2. The van der Waals surface area contributed by atoms with E-state index in [0.29, 0.717) is 5.11 Å². The van der Waals surface area contributed by atoms with Crippen LogP contribution in [0.15, 0.2) is 24.3 Å². The van der Waals surface area contributed by atoms with E-state index in [1.807, 2.05) is 12.1 Å². The minimum atomic E-state index is -0.00869. The predicted octanol–water partition coefficient (Wildman–Crippen LogP) is 3.33. The average molecular weight is 236 g/mol. The predicted molar refractivity (Wildman–Crippen MR) is 74.9 cm³/mol. The molecule has 0 spiro atoms. The van der Waals surface area contributed by atoms with Crippen molar-refractivity contribution in [2.75, 3.05) is 5.32 Å². The summed E-state index contributed by atoms with van der Waals surface area (Å²) in [7, 11) is 0. The number of hydrogen-bond acceptors (Lipinski definition) is 1. The van der Waals surface area contributed by atoms with E-state index in [1.54, 1.807) is 0 Å². The first-order chi connectivity index (χ1) is 7.42. The Bertz CT molecular complexity index is 366. The molecule has 0 saturated heterocycles. The minimum Gasteiger partial charge on any atom is -0.358 e. The number of hydrogen-bond donors (Lipinski definition) is 2. The molecule has 2 nitrogen and oxygen atoms in total. The van der Waals surface area contributed by atoms with Crippen LogP contribution in [-0.4, -0.2) is 10.7 Å². The minimum absolute atomic E-state index is 0.00869. The van der Waals surface area contributed by atoms with Crippen LogP contribution in [0.1, 0.15) is 33.3 Å². The number of aryl methyl sites for hydroxylation is 1. The molecule has 0 heterocycles. The van der Waals surface area contributed by atoms with E-state index in [-0.39, 0.29) is 5.54 Å². The van der Waals surface area contributed by atoms with Crippen LogP contribution in [0.3, 0.4) is 0 Å². The van der Waals surface area contributed by atoms with Crippen molar-refractivity contribution in [2.24, 2.45) is 0 Å². The molecule has 0 bridgehead atoms. The summed E-state index contributed by atoms with van der Waals surface area (Å²) in [6, 6.07) is 8.23. The first-order valence-electron chi connectivity index (χ1n) is 5.59. The molecule has 1 aromatic carbocycles. The molecule has 0 aliphatic carbocycles. The molecule has 0 fully saturated rings. The molecule has 2 N–H and O–H groups in total. The van der Waals surface area contributed by atoms with Gasteiger partial charge in [-0.2, -0.15) is 0 Å². The van der Waals surface area contributed by atoms with Gasteiger partial charge in [0.1, 0.15) is 0 Å². The summed E-state index contributed by atoms with van der Waals surface area (Å²) in [5.74, 6) is 0. The Kier molecular flexibility index (Phi) is 4.30. The molecule has 88 valence electrons. The maximum Gasteiger partial charge on any atom is 0.171 e. The smallest absolute Gasteiger partial charge is 0.171 e. The summed E-state index contributed by atoms with van der Waals surface area (Å²) in [4.78, 5) is 0. The lowest BCUT2D eigenvalue weighted by Gasteiger charge is -2.23. The maximum atomic E-state index is 5.27. The monoisotopic (exact) mass is 236 g/mol. The Morgan fingerprint density at radius 3 is 2.44 bits per heavy atom. The second kappa shape index (κ2) is 5.30. The average Bonchev–Trinajstić information content (AvgIpc) is 2.15. The number of anilines is 1. The van der Waals surface area contributed by atoms with Gasteiger partial charge in [0.15, 0.2) is 5.11 Å². The second-order valence-electron chi connectivity index (χ2n) is 4.84. The van der Waals surface area contributed by atoms with Crippen molar-refractivity contribution in [3.05, 3.63) is 29.8 Å². The highest BCUT2D eigenvalue weighted by atomic mass is 32.1. The molecule has 0 radical (unpaired) electrons. The summed E-state index contributed by atoms with van der Waals surface area (Å²) in [5.41, 5.74) is 2.36. The van der Waals surface area contributed by atoms with Gasteiger partial charge in [-0.05, 0) is 51.0 Å². The molecule has 0 aromatic heterocycles. The van der Waals surface area contributed by atoms with Crippen LogP contribution in [0.25, 0.3) is 0 Å². The fourth-order valence-electron chi connectivity index (χ4n) is 1.44. The van der Waals surface area contributed by atoms with Crippen molar-refractivity contribution < 1.29 is 0 Å². The number of nitrogens with one attached hydrogen (secondary N) is 2. The van der Waals surface area contributed by atoms with Crippen molar-refractivity contribution in [3.8, 4) is 0 Å². The normalized spacial score (nSPS) is 11.0. The van der Waals surface area contributed by atoms with Crippen molar-refractivity contribution in [1.82, 2.24) is 5.32 Å². The molecule has 16 heavy (non-hydrogen) atoms. The first-order valence-corrected chi connectivity index (χ1v) is 6.00. The summed E-state index contributed by atoms with van der Waals surface area (Å²) < 4.78 is 0. The van der Waals surface area contributed by atoms with Crippen LogP contribution in [-0.2, 0) is 6.42 Å². The van der Waals surface area contributed by atoms with Crippen molar-refractivity contribution in [2.45, 2.75) is 39.7 Å². The highest BCUT2D eigenvalue weighted by Crippen LogP contribution is 2.15. The summed E-state index contributed by atoms with van der Waals surface area (Å²) in [6.07, 6.45) is 1.00. The van der Waals surface area contributed by atoms with E-state index in [9.17, 15) is 0 Å². The van der Waals surface area contributed by atoms with Gasteiger partial charge in [-0.3, -0.25) is 0 Å². The van der Waals surface area contributed by atoms with E-state index in [0.717, 1.165) is 12.1 Å². The van der Waals surface area contributed by atoms with E-state index >= 15 is 0 Å². The van der Waals surface area contributed by atoms with E-state index in [2.05, 4.69) is 50.5 Å². The van der Waals surface area contributed by atoms with Gasteiger partial charge in [0.05, 0.1) is 0 Å². The van der Waals surface area contributed by atoms with Crippen molar-refractivity contribution >= 4 is 23.0 Å². The third-order valence-corrected chi connectivity index (χ3v) is 2.34. The highest BCUT2D eigenvalue weighted by Gasteiger charge is 2.11. The van der Waals surface area contributed by atoms with Crippen LogP contribution < -0.4 is 10.6 Å². The van der Waals surface area contributed by atoms with Gasteiger partial charge >= 0.3 is 0 Å². The van der Waals surface area contributed by atoms with Crippen molar-refractivity contribution in [3.63, 3.8) is 0 Å². The third-order valence-electron chi connectivity index (χ3n) is 2.13. The molecular formula is C13H20N2S. The van der Waals surface area contributed by atoms with Gasteiger partial charge in [0, 0.05) is 11.2 Å². The topological polar surface area (TPSA) is 24.1 Å². The molecule has 0 atom stereocenters. The Morgan fingerprint density at radius 2 is 1.88 bits per heavy atom. The second-order valence-corrected chi connectivity index (χ2v) is 5.25. The van der Waals surface area contributed by atoms with Gasteiger partial charge in [-0.15, -0.1) is 0 Å². The van der Waals surface area contributed by atoms with Crippen molar-refractivity contribution in [1.29, 1.82) is 0 Å². The molecule has 3 heteroatoms. The van der Waals surface area contributed by atoms with Gasteiger partial charge in [0.2, 0.25) is 0 Å². The van der Waals surface area contributed by atoms with Crippen LogP contribution in [0.5, 0.6) is 0 Å². The lowest BCUT2D eigenvalue weighted by atomic mass is 10.1. The molecule has 1 aromatic rings. The molecule has 0 saturated carbocycles. The largest absolute Gasteiger partial charge is 0.358 e. The summed E-state index contributed by atoms with van der Waals surface area (Å²) >= 11 is 5.27. The van der Waals surface area contributed by atoms with Crippen LogP contribution in [0, 0.1) is 0 Å². The molecule has 1 rings (SSSR count). The molecular weight excluding hydrogens is 216 g/mol. The van der Waals surface area contributed by atoms with Gasteiger partial charge in [0.25, 0.3) is 0 Å². The van der Waals surface area contributed by atoms with E-state index in [4.69, 9.17) is 12.2 Å². The third kappa shape index (κ3) is 4.19. The van der Waals surface area contributed by atoms with Gasteiger partial charge in [-0.25, -0.2) is 0 Å². The Labute approximate surface area is 103 Å².